The van der Waals surface area contributed by atoms with Gasteiger partial charge in [-0.25, -0.2) is 14.1 Å². The number of para-hydroxylation sites is 1. The number of ether oxygens (including phenoxy) is 1. The third-order valence-corrected chi connectivity index (χ3v) is 5.64. The van der Waals surface area contributed by atoms with Crippen LogP contribution in [0.5, 0.6) is 5.75 Å². The van der Waals surface area contributed by atoms with E-state index >= 15 is 0 Å². The van der Waals surface area contributed by atoms with Gasteiger partial charge in [0.15, 0.2) is 0 Å². The molecular weight excluding hydrogens is 447 g/mol. The van der Waals surface area contributed by atoms with Crippen molar-refractivity contribution in [3.05, 3.63) is 114 Å². The van der Waals surface area contributed by atoms with Crippen molar-refractivity contribution in [1.82, 2.24) is 5.32 Å². The third kappa shape index (κ3) is 4.39. The van der Waals surface area contributed by atoms with Gasteiger partial charge in [-0.1, -0.05) is 60.7 Å². The molecule has 4 aromatic rings. The highest BCUT2D eigenvalue weighted by Gasteiger charge is 2.37. The Balaban J connectivity index is 1.58. The standard InChI is InChI=1S/C28H19FN2O4/c29-20-13-10-18(11-14-20)17-35-25-15-12-19-6-4-5-9-22(19)23(25)16-24-26(32)30-28(34)31(27(24)33)21-7-2-1-3-8-21/h1-16H,17H2,(H,30,32,34)/b24-16+. The number of benzene rings is 4. The molecule has 0 spiro atoms. The molecule has 0 bridgehead atoms. The van der Waals surface area contributed by atoms with Crippen molar-refractivity contribution in [2.45, 2.75) is 6.61 Å². The summed E-state index contributed by atoms with van der Waals surface area (Å²) in [7, 11) is 0. The number of barbiturate groups is 1. The molecule has 1 saturated heterocycles. The van der Waals surface area contributed by atoms with Crippen LogP contribution in [-0.4, -0.2) is 17.8 Å². The Morgan fingerprint density at radius 3 is 2.31 bits per heavy atom. The number of halogens is 1. The van der Waals surface area contributed by atoms with Gasteiger partial charge in [-0.3, -0.25) is 14.9 Å². The second-order valence-electron chi connectivity index (χ2n) is 7.91. The van der Waals surface area contributed by atoms with Crippen LogP contribution >= 0.6 is 0 Å². The summed E-state index contributed by atoms with van der Waals surface area (Å²) >= 11 is 0. The van der Waals surface area contributed by atoms with E-state index in [4.69, 9.17) is 4.74 Å². The van der Waals surface area contributed by atoms with E-state index in [0.29, 0.717) is 17.0 Å². The van der Waals surface area contributed by atoms with Gasteiger partial charge in [0.25, 0.3) is 11.8 Å². The minimum Gasteiger partial charge on any atom is -0.488 e. The van der Waals surface area contributed by atoms with Crippen LogP contribution in [0.1, 0.15) is 11.1 Å². The molecule has 172 valence electrons. The van der Waals surface area contributed by atoms with E-state index in [1.54, 1.807) is 48.5 Å². The fraction of sp³-hybridized carbons (Fsp3) is 0.0357. The fourth-order valence-electron chi connectivity index (χ4n) is 3.91. The van der Waals surface area contributed by atoms with E-state index < -0.39 is 17.8 Å². The summed E-state index contributed by atoms with van der Waals surface area (Å²) in [5.41, 5.74) is 1.42. The van der Waals surface area contributed by atoms with Crippen molar-refractivity contribution in [2.75, 3.05) is 4.90 Å². The topological polar surface area (TPSA) is 75.7 Å². The molecule has 4 amide bonds. The highest BCUT2D eigenvalue weighted by Crippen LogP contribution is 2.32. The van der Waals surface area contributed by atoms with Crippen molar-refractivity contribution in [1.29, 1.82) is 0 Å². The van der Waals surface area contributed by atoms with Gasteiger partial charge in [0, 0.05) is 5.56 Å². The normalized spacial score (nSPS) is 14.9. The number of nitrogens with one attached hydrogen (secondary N) is 1. The van der Waals surface area contributed by atoms with Gasteiger partial charge >= 0.3 is 6.03 Å². The summed E-state index contributed by atoms with van der Waals surface area (Å²) in [6, 6.07) is 24.6. The number of urea groups is 1. The SMILES string of the molecule is O=C1NC(=O)N(c2ccccc2)C(=O)/C1=C/c1c(OCc2ccc(F)cc2)ccc2ccccc12. The first-order chi connectivity index (χ1) is 17.0. The minimum absolute atomic E-state index is 0.156. The highest BCUT2D eigenvalue weighted by molar-refractivity contribution is 6.39. The molecule has 0 atom stereocenters. The molecule has 0 saturated carbocycles. The Kier molecular flexibility index (Phi) is 5.81. The molecule has 4 aromatic carbocycles. The molecule has 5 rings (SSSR count). The maximum Gasteiger partial charge on any atom is 0.335 e. The largest absolute Gasteiger partial charge is 0.488 e. The zero-order chi connectivity index (χ0) is 24.4. The average Bonchev–Trinajstić information content (AvgIpc) is 2.87. The predicted molar refractivity (Wildman–Crippen MR) is 130 cm³/mol. The van der Waals surface area contributed by atoms with Crippen molar-refractivity contribution in [2.24, 2.45) is 0 Å². The van der Waals surface area contributed by atoms with E-state index in [0.717, 1.165) is 21.2 Å². The molecule has 1 aliphatic heterocycles. The number of fused-ring (bicyclic) bond motifs is 1. The zero-order valence-corrected chi connectivity index (χ0v) is 18.4. The lowest BCUT2D eigenvalue weighted by Gasteiger charge is -2.26. The zero-order valence-electron chi connectivity index (χ0n) is 18.4. The Hall–Kier alpha value is -4.78. The Morgan fingerprint density at radius 2 is 1.54 bits per heavy atom. The van der Waals surface area contributed by atoms with Gasteiger partial charge in [-0.05, 0) is 52.7 Å². The van der Waals surface area contributed by atoms with Crippen molar-refractivity contribution >= 4 is 40.4 Å². The summed E-state index contributed by atoms with van der Waals surface area (Å²) in [5, 5.41) is 3.89. The van der Waals surface area contributed by atoms with Crippen LogP contribution in [0.2, 0.25) is 0 Å². The summed E-state index contributed by atoms with van der Waals surface area (Å²) in [6.45, 7) is 0.156. The summed E-state index contributed by atoms with van der Waals surface area (Å²) in [5.74, 6) is -1.43. The first-order valence-corrected chi connectivity index (χ1v) is 10.9. The molecule has 6 nitrogen and oxygen atoms in total. The average molecular weight is 466 g/mol. The molecule has 7 heteroatoms. The molecular formula is C28H19FN2O4. The number of hydrogen-bond donors (Lipinski definition) is 1. The highest BCUT2D eigenvalue weighted by atomic mass is 19.1. The number of carbonyl (C=O) groups is 3. The molecule has 0 unspecified atom stereocenters. The van der Waals surface area contributed by atoms with Gasteiger partial charge in [-0.2, -0.15) is 0 Å². The van der Waals surface area contributed by atoms with Crippen molar-refractivity contribution in [3.8, 4) is 5.75 Å². The van der Waals surface area contributed by atoms with Crippen LogP contribution in [0.4, 0.5) is 14.9 Å². The smallest absolute Gasteiger partial charge is 0.335 e. The second kappa shape index (κ2) is 9.23. The molecule has 1 fully saturated rings. The summed E-state index contributed by atoms with van der Waals surface area (Å²) in [6.07, 6.45) is 1.45. The van der Waals surface area contributed by atoms with E-state index in [1.165, 1.54) is 18.2 Å². The number of anilines is 1. The van der Waals surface area contributed by atoms with Crippen LogP contribution in [0, 0.1) is 5.82 Å². The first-order valence-electron chi connectivity index (χ1n) is 10.9. The van der Waals surface area contributed by atoms with Gasteiger partial charge in [0.05, 0.1) is 5.69 Å². The number of carbonyl (C=O) groups excluding carboxylic acids is 3. The lowest BCUT2D eigenvalue weighted by molar-refractivity contribution is -0.122. The Morgan fingerprint density at radius 1 is 0.829 bits per heavy atom. The third-order valence-electron chi connectivity index (χ3n) is 5.64. The molecule has 0 aromatic heterocycles. The van der Waals surface area contributed by atoms with E-state index in [2.05, 4.69) is 5.32 Å². The quantitative estimate of drug-likeness (QED) is 0.323. The van der Waals surface area contributed by atoms with Gasteiger partial charge in [0.1, 0.15) is 23.7 Å². The van der Waals surface area contributed by atoms with Crippen LogP contribution in [-0.2, 0) is 16.2 Å². The van der Waals surface area contributed by atoms with Crippen LogP contribution < -0.4 is 15.0 Å². The summed E-state index contributed by atoms with van der Waals surface area (Å²) in [4.78, 5) is 39.4. The van der Waals surface area contributed by atoms with Gasteiger partial charge < -0.3 is 4.74 Å². The number of nitrogens with zero attached hydrogens (tertiary/aromatic N) is 1. The monoisotopic (exact) mass is 466 g/mol. The number of rotatable bonds is 5. The maximum absolute atomic E-state index is 13.3. The van der Waals surface area contributed by atoms with Gasteiger partial charge in [-0.15, -0.1) is 0 Å². The number of hydrogen-bond acceptors (Lipinski definition) is 4. The van der Waals surface area contributed by atoms with E-state index in [9.17, 15) is 18.8 Å². The maximum atomic E-state index is 13.3. The molecule has 1 aliphatic rings. The number of imide groups is 2. The van der Waals surface area contributed by atoms with Crippen LogP contribution in [0.15, 0.2) is 96.6 Å². The Labute approximate surface area is 200 Å². The number of amides is 4. The molecule has 1 heterocycles. The first kappa shape index (κ1) is 22.0. The second-order valence-corrected chi connectivity index (χ2v) is 7.91. The van der Waals surface area contributed by atoms with E-state index in [1.807, 2.05) is 30.3 Å². The Bertz CT molecular complexity index is 1480. The fourth-order valence-corrected chi connectivity index (χ4v) is 3.91. The molecule has 1 N–H and O–H groups in total. The predicted octanol–water partition coefficient (Wildman–Crippen LogP) is 5.22. The minimum atomic E-state index is -0.811. The lowest BCUT2D eigenvalue weighted by atomic mass is 9.99. The van der Waals surface area contributed by atoms with Crippen LogP contribution in [0.25, 0.3) is 16.8 Å². The lowest BCUT2D eigenvalue weighted by Crippen LogP contribution is -2.54. The van der Waals surface area contributed by atoms with Gasteiger partial charge in [0.2, 0.25) is 0 Å². The molecule has 0 aliphatic carbocycles. The van der Waals surface area contributed by atoms with Crippen LogP contribution in [0.3, 0.4) is 0 Å². The van der Waals surface area contributed by atoms with E-state index in [-0.39, 0.29) is 18.0 Å². The molecule has 0 radical (unpaired) electrons. The van der Waals surface area contributed by atoms with Crippen molar-refractivity contribution in [3.63, 3.8) is 0 Å². The van der Waals surface area contributed by atoms with Crippen molar-refractivity contribution < 1.29 is 23.5 Å². The molecule has 35 heavy (non-hydrogen) atoms. The summed E-state index contributed by atoms with van der Waals surface area (Å²) < 4.78 is 19.3.